The molecule has 1 saturated heterocycles. The fraction of sp³-hybridized carbons (Fsp3) is 0.370. The topological polar surface area (TPSA) is 67.7 Å². The van der Waals surface area contributed by atoms with Crippen molar-refractivity contribution in [3.63, 3.8) is 0 Å². The summed E-state index contributed by atoms with van der Waals surface area (Å²) in [6, 6.07) is 17.1. The van der Waals surface area contributed by atoms with Crippen LogP contribution >= 0.6 is 0 Å². The quantitative estimate of drug-likeness (QED) is 0.526. The second-order valence-corrected chi connectivity index (χ2v) is 8.71. The summed E-state index contributed by atoms with van der Waals surface area (Å²) < 4.78 is 7.18. The molecule has 0 atom stereocenters. The summed E-state index contributed by atoms with van der Waals surface area (Å²) in [6.07, 6.45) is 4.19. The van der Waals surface area contributed by atoms with E-state index in [2.05, 4.69) is 12.0 Å². The first-order valence-corrected chi connectivity index (χ1v) is 11.9. The molecule has 2 heterocycles. The Hall–Kier alpha value is -3.61. The van der Waals surface area contributed by atoms with Crippen LogP contribution in [0.25, 0.3) is 5.69 Å². The Bertz CT molecular complexity index is 1130. The summed E-state index contributed by atoms with van der Waals surface area (Å²) in [5.74, 6) is 0.687. The Balaban J connectivity index is 1.47. The lowest BCUT2D eigenvalue weighted by molar-refractivity contribution is 0.0515. The molecule has 2 aromatic carbocycles. The van der Waals surface area contributed by atoms with Gasteiger partial charge in [-0.2, -0.15) is 5.10 Å². The summed E-state index contributed by atoms with van der Waals surface area (Å²) in [5.41, 5.74) is 3.01. The number of likely N-dealkylation sites (tertiary alicyclic amines) is 1. The molecule has 4 rings (SSSR count). The molecule has 34 heavy (non-hydrogen) atoms. The van der Waals surface area contributed by atoms with Crippen LogP contribution < -0.4 is 4.74 Å². The third-order valence-corrected chi connectivity index (χ3v) is 6.33. The van der Waals surface area contributed by atoms with Crippen molar-refractivity contribution in [3.8, 4) is 11.4 Å². The molecule has 7 heteroatoms. The molecule has 2 amide bonds. The van der Waals surface area contributed by atoms with E-state index in [9.17, 15) is 9.59 Å². The molecule has 3 aromatic rings. The van der Waals surface area contributed by atoms with Gasteiger partial charge in [-0.15, -0.1) is 0 Å². The number of rotatable bonds is 7. The zero-order chi connectivity index (χ0) is 24.1. The van der Waals surface area contributed by atoms with Gasteiger partial charge >= 0.3 is 0 Å². The summed E-state index contributed by atoms with van der Waals surface area (Å²) in [5, 5.41) is 4.59. The number of aryl methyl sites for hydroxylation is 1. The highest BCUT2D eigenvalue weighted by Gasteiger charge is 2.31. The van der Waals surface area contributed by atoms with E-state index in [0.717, 1.165) is 30.5 Å². The third kappa shape index (κ3) is 4.98. The minimum absolute atomic E-state index is 0.0539. The summed E-state index contributed by atoms with van der Waals surface area (Å²) >= 11 is 0. The first-order valence-electron chi connectivity index (χ1n) is 11.9. The van der Waals surface area contributed by atoms with Crippen molar-refractivity contribution in [2.45, 2.75) is 39.2 Å². The van der Waals surface area contributed by atoms with Crippen LogP contribution in [0.4, 0.5) is 0 Å². The van der Waals surface area contributed by atoms with Crippen LogP contribution in [0.5, 0.6) is 5.75 Å². The van der Waals surface area contributed by atoms with E-state index in [4.69, 9.17) is 4.74 Å². The van der Waals surface area contributed by atoms with Crippen molar-refractivity contribution >= 4 is 11.8 Å². The van der Waals surface area contributed by atoms with Crippen molar-refractivity contribution < 1.29 is 14.3 Å². The summed E-state index contributed by atoms with van der Waals surface area (Å²) in [7, 11) is 1.63. The van der Waals surface area contributed by atoms with Crippen molar-refractivity contribution in [1.82, 2.24) is 19.6 Å². The minimum atomic E-state index is -0.0694. The van der Waals surface area contributed by atoms with Gasteiger partial charge in [0.15, 0.2) is 5.69 Å². The van der Waals surface area contributed by atoms with Gasteiger partial charge in [-0.05, 0) is 62.1 Å². The van der Waals surface area contributed by atoms with Crippen LogP contribution in [-0.4, -0.2) is 64.2 Å². The average Bonchev–Trinajstić information content (AvgIpc) is 3.37. The van der Waals surface area contributed by atoms with Crippen LogP contribution in [0.2, 0.25) is 0 Å². The van der Waals surface area contributed by atoms with E-state index < -0.39 is 0 Å². The van der Waals surface area contributed by atoms with Gasteiger partial charge < -0.3 is 14.5 Å². The molecule has 0 spiro atoms. The van der Waals surface area contributed by atoms with Crippen LogP contribution in [0.1, 0.15) is 52.6 Å². The number of hydrogen-bond acceptors (Lipinski definition) is 4. The highest BCUT2D eigenvalue weighted by Crippen LogP contribution is 2.25. The Morgan fingerprint density at radius 2 is 1.82 bits per heavy atom. The number of carbonyl (C=O) groups excluding carboxylic acids is 2. The minimum Gasteiger partial charge on any atom is -0.494 e. The van der Waals surface area contributed by atoms with Crippen LogP contribution in [0.3, 0.4) is 0 Å². The maximum atomic E-state index is 13.5. The second-order valence-electron chi connectivity index (χ2n) is 8.71. The van der Waals surface area contributed by atoms with E-state index >= 15 is 0 Å². The Morgan fingerprint density at radius 1 is 1.09 bits per heavy atom. The van der Waals surface area contributed by atoms with Gasteiger partial charge in [0.25, 0.3) is 11.8 Å². The van der Waals surface area contributed by atoms with Gasteiger partial charge in [0.1, 0.15) is 11.4 Å². The number of carbonyl (C=O) groups is 2. The zero-order valence-electron chi connectivity index (χ0n) is 20.1. The lowest BCUT2D eigenvalue weighted by atomic mass is 10.0. The predicted molar refractivity (Wildman–Crippen MR) is 132 cm³/mol. The highest BCUT2D eigenvalue weighted by atomic mass is 16.5. The number of ether oxygens (including phenoxy) is 1. The van der Waals surface area contributed by atoms with E-state index in [1.165, 1.54) is 0 Å². The molecule has 0 aliphatic carbocycles. The smallest absolute Gasteiger partial charge is 0.274 e. The van der Waals surface area contributed by atoms with Crippen LogP contribution in [0, 0.1) is 6.92 Å². The molecule has 1 aliphatic rings. The zero-order valence-corrected chi connectivity index (χ0v) is 20.1. The fourth-order valence-corrected chi connectivity index (χ4v) is 4.53. The molecule has 0 unspecified atom stereocenters. The molecule has 1 aromatic heterocycles. The number of amides is 2. The largest absolute Gasteiger partial charge is 0.494 e. The summed E-state index contributed by atoms with van der Waals surface area (Å²) in [6.45, 7) is 6.03. The molecule has 1 aliphatic heterocycles. The Kier molecular flexibility index (Phi) is 7.30. The predicted octanol–water partition coefficient (Wildman–Crippen LogP) is 4.35. The number of methoxy groups -OCH3 is 1. The molecular weight excluding hydrogens is 428 g/mol. The average molecular weight is 461 g/mol. The number of hydrogen-bond donors (Lipinski definition) is 0. The van der Waals surface area contributed by atoms with Crippen molar-refractivity contribution in [1.29, 1.82) is 0 Å². The molecule has 7 nitrogen and oxygen atoms in total. The fourth-order valence-electron chi connectivity index (χ4n) is 4.53. The normalized spacial score (nSPS) is 14.1. The Morgan fingerprint density at radius 3 is 2.50 bits per heavy atom. The lowest BCUT2D eigenvalue weighted by Crippen LogP contribution is -2.49. The highest BCUT2D eigenvalue weighted by molar-refractivity contribution is 5.94. The summed E-state index contributed by atoms with van der Waals surface area (Å²) in [4.78, 5) is 30.1. The van der Waals surface area contributed by atoms with Gasteiger partial charge in [0, 0.05) is 37.4 Å². The number of benzene rings is 2. The first-order chi connectivity index (χ1) is 16.5. The monoisotopic (exact) mass is 460 g/mol. The van der Waals surface area contributed by atoms with E-state index in [1.807, 2.05) is 65.3 Å². The van der Waals surface area contributed by atoms with Gasteiger partial charge in [-0.1, -0.05) is 31.2 Å². The number of aromatic nitrogens is 2. The van der Waals surface area contributed by atoms with Gasteiger partial charge in [-0.25, -0.2) is 4.68 Å². The van der Waals surface area contributed by atoms with Crippen molar-refractivity contribution in [2.75, 3.05) is 26.7 Å². The van der Waals surface area contributed by atoms with E-state index in [1.54, 1.807) is 24.1 Å². The van der Waals surface area contributed by atoms with Crippen molar-refractivity contribution in [3.05, 3.63) is 77.6 Å². The molecule has 178 valence electrons. The van der Waals surface area contributed by atoms with E-state index in [0.29, 0.717) is 36.6 Å². The molecule has 0 bridgehead atoms. The SMILES string of the molecule is CCCN(C(=O)c1ccn(-c2cc(C)ccc2OC)n1)C1CCN(C(=O)c2ccccc2)CC1. The molecule has 0 N–H and O–H groups in total. The number of nitrogens with zero attached hydrogens (tertiary/aromatic N) is 4. The second kappa shape index (κ2) is 10.5. The molecule has 0 radical (unpaired) electrons. The van der Waals surface area contributed by atoms with Crippen molar-refractivity contribution in [2.24, 2.45) is 0 Å². The first kappa shape index (κ1) is 23.5. The molecule has 0 saturated carbocycles. The third-order valence-electron chi connectivity index (χ3n) is 6.33. The van der Waals surface area contributed by atoms with Gasteiger partial charge in [-0.3, -0.25) is 9.59 Å². The maximum absolute atomic E-state index is 13.5. The van der Waals surface area contributed by atoms with E-state index in [-0.39, 0.29) is 17.9 Å². The van der Waals surface area contributed by atoms with Crippen LogP contribution in [-0.2, 0) is 0 Å². The number of piperidine rings is 1. The van der Waals surface area contributed by atoms with Gasteiger partial charge in [0.05, 0.1) is 7.11 Å². The lowest BCUT2D eigenvalue weighted by Gasteiger charge is -2.38. The maximum Gasteiger partial charge on any atom is 0.274 e. The standard InChI is InChI=1S/C27H32N4O3/c1-4-15-30(22-12-16-29(17-13-22)26(32)21-8-6-5-7-9-21)27(33)23-14-18-31(28-23)24-19-20(2)10-11-25(24)34-3/h5-11,14,18-19,22H,4,12-13,15-17H2,1-3H3. The Labute approximate surface area is 200 Å². The van der Waals surface area contributed by atoms with Gasteiger partial charge in [0.2, 0.25) is 0 Å². The van der Waals surface area contributed by atoms with Crippen LogP contribution in [0.15, 0.2) is 60.8 Å². The molecular formula is C27H32N4O3. The molecule has 1 fully saturated rings.